The first-order chi connectivity index (χ1) is 13.3. The van der Waals surface area contributed by atoms with Crippen LogP contribution in [0.1, 0.15) is 5.56 Å². The van der Waals surface area contributed by atoms with Gasteiger partial charge in [0.05, 0.1) is 10.6 Å². The molecule has 1 heterocycles. The average Bonchev–Trinajstić information content (AvgIpc) is 3.04. The lowest BCUT2D eigenvalue weighted by molar-refractivity contribution is -0.115. The van der Waals surface area contributed by atoms with Crippen LogP contribution in [0.3, 0.4) is 0 Å². The SMILES string of the molecule is O=C1NC(=Nc2ccccc2)S/C1=C/c1ccc(Oc2ccccc2)cc1. The van der Waals surface area contributed by atoms with Gasteiger partial charge in [0.1, 0.15) is 11.5 Å². The van der Waals surface area contributed by atoms with Crippen LogP contribution >= 0.6 is 11.8 Å². The van der Waals surface area contributed by atoms with Gasteiger partial charge < -0.3 is 10.1 Å². The maximum absolute atomic E-state index is 12.2. The van der Waals surface area contributed by atoms with Crippen LogP contribution < -0.4 is 10.1 Å². The second kappa shape index (κ2) is 7.93. The van der Waals surface area contributed by atoms with Crippen LogP contribution in [-0.4, -0.2) is 11.1 Å². The number of hydrogen-bond acceptors (Lipinski definition) is 4. The zero-order chi connectivity index (χ0) is 18.5. The standard InChI is InChI=1S/C22H16N2O2S/c25-21-20(27-22(24-21)23-17-7-3-1-4-8-17)15-16-11-13-19(14-12-16)26-18-9-5-2-6-10-18/h1-15H,(H,23,24,25)/b20-15+. The number of carbonyl (C=O) groups excluding carboxylic acids is 1. The zero-order valence-corrected chi connectivity index (χ0v) is 15.1. The number of rotatable bonds is 4. The fraction of sp³-hybridized carbons (Fsp3) is 0. The van der Waals surface area contributed by atoms with Gasteiger partial charge in [-0.1, -0.05) is 48.5 Å². The van der Waals surface area contributed by atoms with Crippen LogP contribution in [0, 0.1) is 0 Å². The van der Waals surface area contributed by atoms with E-state index >= 15 is 0 Å². The molecule has 3 aromatic carbocycles. The Morgan fingerprint density at radius 1 is 0.815 bits per heavy atom. The normalized spacial score (nSPS) is 16.5. The molecule has 0 aromatic heterocycles. The summed E-state index contributed by atoms with van der Waals surface area (Å²) in [5, 5.41) is 3.38. The Hall–Kier alpha value is -3.31. The number of para-hydroxylation sites is 2. The summed E-state index contributed by atoms with van der Waals surface area (Å²) in [6.07, 6.45) is 1.85. The van der Waals surface area contributed by atoms with Gasteiger partial charge in [0, 0.05) is 0 Å². The van der Waals surface area contributed by atoms with E-state index in [1.165, 1.54) is 11.8 Å². The molecule has 0 radical (unpaired) electrons. The average molecular weight is 372 g/mol. The minimum Gasteiger partial charge on any atom is -0.457 e. The number of ether oxygens (including phenoxy) is 1. The Morgan fingerprint density at radius 2 is 1.44 bits per heavy atom. The third kappa shape index (κ3) is 4.46. The summed E-state index contributed by atoms with van der Waals surface area (Å²) in [4.78, 5) is 17.2. The van der Waals surface area contributed by atoms with Crippen molar-refractivity contribution in [1.82, 2.24) is 5.32 Å². The largest absolute Gasteiger partial charge is 0.457 e. The predicted molar refractivity (Wildman–Crippen MR) is 110 cm³/mol. The van der Waals surface area contributed by atoms with E-state index in [9.17, 15) is 4.79 Å². The smallest absolute Gasteiger partial charge is 0.264 e. The minimum atomic E-state index is -0.140. The van der Waals surface area contributed by atoms with Crippen molar-refractivity contribution in [3.8, 4) is 11.5 Å². The van der Waals surface area contributed by atoms with Gasteiger partial charge in [0.15, 0.2) is 5.17 Å². The molecule has 1 N–H and O–H groups in total. The molecule has 5 heteroatoms. The molecule has 0 spiro atoms. The molecule has 1 fully saturated rings. The summed E-state index contributed by atoms with van der Waals surface area (Å²) >= 11 is 1.33. The summed E-state index contributed by atoms with van der Waals surface area (Å²) in [5.74, 6) is 1.40. The number of benzene rings is 3. The van der Waals surface area contributed by atoms with Crippen molar-refractivity contribution in [2.24, 2.45) is 4.99 Å². The highest BCUT2D eigenvalue weighted by Gasteiger charge is 2.23. The van der Waals surface area contributed by atoms with Crippen molar-refractivity contribution in [3.05, 3.63) is 95.4 Å². The summed E-state index contributed by atoms with van der Waals surface area (Å²) in [7, 11) is 0. The molecule has 0 aliphatic carbocycles. The summed E-state index contributed by atoms with van der Waals surface area (Å²) in [6.45, 7) is 0. The number of amides is 1. The van der Waals surface area contributed by atoms with E-state index in [0.717, 1.165) is 22.7 Å². The van der Waals surface area contributed by atoms with Gasteiger partial charge in [-0.25, -0.2) is 4.99 Å². The monoisotopic (exact) mass is 372 g/mol. The molecular weight excluding hydrogens is 356 g/mol. The van der Waals surface area contributed by atoms with Gasteiger partial charge in [-0.3, -0.25) is 4.79 Å². The highest BCUT2D eigenvalue weighted by molar-refractivity contribution is 8.18. The van der Waals surface area contributed by atoms with Crippen LogP contribution in [0.15, 0.2) is 94.8 Å². The quantitative estimate of drug-likeness (QED) is 0.626. The Bertz CT molecular complexity index is 998. The van der Waals surface area contributed by atoms with Gasteiger partial charge in [-0.05, 0) is 59.8 Å². The molecule has 27 heavy (non-hydrogen) atoms. The lowest BCUT2D eigenvalue weighted by Crippen LogP contribution is -2.19. The Kier molecular flexibility index (Phi) is 5.03. The second-order valence-electron chi connectivity index (χ2n) is 5.80. The van der Waals surface area contributed by atoms with Crippen molar-refractivity contribution >= 4 is 34.6 Å². The number of thioether (sulfide) groups is 1. The molecule has 4 rings (SSSR count). The summed E-state index contributed by atoms with van der Waals surface area (Å²) in [5.41, 5.74) is 1.73. The molecule has 1 saturated heterocycles. The predicted octanol–water partition coefficient (Wildman–Crippen LogP) is 5.37. The zero-order valence-electron chi connectivity index (χ0n) is 14.3. The number of nitrogens with zero attached hydrogens (tertiary/aromatic N) is 1. The Morgan fingerprint density at radius 3 is 2.15 bits per heavy atom. The first-order valence-electron chi connectivity index (χ1n) is 8.44. The molecule has 4 nitrogen and oxygen atoms in total. The van der Waals surface area contributed by atoms with Crippen LogP contribution in [0.5, 0.6) is 11.5 Å². The molecule has 1 aliphatic rings. The molecule has 0 unspecified atom stereocenters. The molecule has 3 aromatic rings. The third-order valence-corrected chi connectivity index (χ3v) is 4.70. The molecular formula is C22H16N2O2S. The lowest BCUT2D eigenvalue weighted by atomic mass is 10.2. The van der Waals surface area contributed by atoms with Gasteiger partial charge in [-0.2, -0.15) is 0 Å². The van der Waals surface area contributed by atoms with Gasteiger partial charge in [0.25, 0.3) is 5.91 Å². The Labute approximate surface area is 161 Å². The van der Waals surface area contributed by atoms with Gasteiger partial charge in [-0.15, -0.1) is 0 Å². The first kappa shape index (κ1) is 17.1. The second-order valence-corrected chi connectivity index (χ2v) is 6.83. The van der Waals surface area contributed by atoms with Crippen LogP contribution in [-0.2, 0) is 4.79 Å². The maximum Gasteiger partial charge on any atom is 0.264 e. The molecule has 0 bridgehead atoms. The third-order valence-electron chi connectivity index (χ3n) is 3.79. The van der Waals surface area contributed by atoms with E-state index in [0.29, 0.717) is 10.1 Å². The lowest BCUT2D eigenvalue weighted by Gasteiger charge is -2.05. The summed E-state index contributed by atoms with van der Waals surface area (Å²) < 4.78 is 5.78. The highest BCUT2D eigenvalue weighted by atomic mass is 32.2. The fourth-order valence-corrected chi connectivity index (χ4v) is 3.35. The van der Waals surface area contributed by atoms with Crippen LogP contribution in [0.25, 0.3) is 6.08 Å². The maximum atomic E-state index is 12.2. The van der Waals surface area contributed by atoms with Crippen LogP contribution in [0.2, 0.25) is 0 Å². The van der Waals surface area contributed by atoms with E-state index < -0.39 is 0 Å². The first-order valence-corrected chi connectivity index (χ1v) is 9.25. The van der Waals surface area contributed by atoms with Crippen molar-refractivity contribution < 1.29 is 9.53 Å². The fourth-order valence-electron chi connectivity index (χ4n) is 2.51. The molecule has 1 amide bonds. The van der Waals surface area contributed by atoms with Crippen molar-refractivity contribution in [2.75, 3.05) is 0 Å². The van der Waals surface area contributed by atoms with Crippen molar-refractivity contribution in [2.45, 2.75) is 0 Å². The topological polar surface area (TPSA) is 50.7 Å². The van der Waals surface area contributed by atoms with E-state index in [1.807, 2.05) is 91.0 Å². The number of nitrogens with one attached hydrogen (secondary N) is 1. The van der Waals surface area contributed by atoms with E-state index in [1.54, 1.807) is 0 Å². The molecule has 132 valence electrons. The number of aliphatic imine (C=N–C) groups is 1. The van der Waals surface area contributed by atoms with Gasteiger partial charge in [0.2, 0.25) is 0 Å². The minimum absolute atomic E-state index is 0.140. The van der Waals surface area contributed by atoms with E-state index in [4.69, 9.17) is 4.74 Å². The highest BCUT2D eigenvalue weighted by Crippen LogP contribution is 2.29. The van der Waals surface area contributed by atoms with Crippen molar-refractivity contribution in [1.29, 1.82) is 0 Å². The Balaban J connectivity index is 1.47. The molecule has 0 atom stereocenters. The number of amidine groups is 1. The summed E-state index contributed by atoms with van der Waals surface area (Å²) in [6, 6.07) is 26.8. The van der Waals surface area contributed by atoms with Gasteiger partial charge >= 0.3 is 0 Å². The number of hydrogen-bond donors (Lipinski definition) is 1. The number of carbonyl (C=O) groups is 1. The van der Waals surface area contributed by atoms with E-state index in [2.05, 4.69) is 10.3 Å². The molecule has 0 saturated carbocycles. The van der Waals surface area contributed by atoms with E-state index in [-0.39, 0.29) is 5.91 Å². The molecule has 1 aliphatic heterocycles. The van der Waals surface area contributed by atoms with Crippen LogP contribution in [0.4, 0.5) is 5.69 Å². The van der Waals surface area contributed by atoms with Crippen molar-refractivity contribution in [3.63, 3.8) is 0 Å².